The monoisotopic (exact) mass is 242 g/mol. The molecule has 3 rings (SSSR count). The van der Waals surface area contributed by atoms with E-state index >= 15 is 0 Å². The first-order valence-electron chi connectivity index (χ1n) is 6.56. The van der Waals surface area contributed by atoms with Crippen LogP contribution in [0, 0.1) is 0 Å². The average molecular weight is 242 g/mol. The highest BCUT2D eigenvalue weighted by molar-refractivity contribution is 5.14. The molecule has 94 valence electrons. The molecule has 1 aromatic carbocycles. The zero-order chi connectivity index (χ0) is 12.2. The van der Waals surface area contributed by atoms with Gasteiger partial charge in [-0.05, 0) is 24.9 Å². The molecule has 1 saturated heterocycles. The van der Waals surface area contributed by atoms with Gasteiger partial charge in [-0.15, -0.1) is 10.2 Å². The Hall–Kier alpha value is -1.68. The van der Waals surface area contributed by atoms with Gasteiger partial charge in [-0.3, -0.25) is 0 Å². The number of nitrogens with zero attached hydrogens (tertiary/aromatic N) is 3. The minimum atomic E-state index is 0.531. The first kappa shape index (κ1) is 11.4. The van der Waals surface area contributed by atoms with Gasteiger partial charge in [-0.25, -0.2) is 0 Å². The van der Waals surface area contributed by atoms with Crippen LogP contribution in [0.4, 0.5) is 0 Å². The predicted octanol–water partition coefficient (Wildman–Crippen LogP) is 1.60. The molecule has 1 unspecified atom stereocenters. The fourth-order valence-corrected chi connectivity index (χ4v) is 2.52. The lowest BCUT2D eigenvalue weighted by Gasteiger charge is -2.10. The van der Waals surface area contributed by atoms with Crippen molar-refractivity contribution >= 4 is 0 Å². The number of rotatable bonds is 4. The molecule has 0 radical (unpaired) electrons. The van der Waals surface area contributed by atoms with Crippen molar-refractivity contribution in [2.24, 2.45) is 0 Å². The number of aromatic nitrogens is 3. The Morgan fingerprint density at radius 2 is 2.17 bits per heavy atom. The van der Waals surface area contributed by atoms with Crippen molar-refractivity contribution in [1.82, 2.24) is 20.1 Å². The van der Waals surface area contributed by atoms with Crippen LogP contribution < -0.4 is 5.32 Å². The summed E-state index contributed by atoms with van der Waals surface area (Å²) in [5, 5.41) is 11.7. The van der Waals surface area contributed by atoms with Crippen LogP contribution >= 0.6 is 0 Å². The normalized spacial score (nSPS) is 19.2. The quantitative estimate of drug-likeness (QED) is 0.885. The van der Waals surface area contributed by atoms with Crippen molar-refractivity contribution in [1.29, 1.82) is 0 Å². The van der Waals surface area contributed by atoms with Gasteiger partial charge in [0, 0.05) is 19.0 Å². The van der Waals surface area contributed by atoms with Gasteiger partial charge in [0.25, 0.3) is 0 Å². The predicted molar refractivity (Wildman–Crippen MR) is 70.4 cm³/mol. The van der Waals surface area contributed by atoms with Crippen molar-refractivity contribution < 1.29 is 0 Å². The van der Waals surface area contributed by atoms with E-state index in [2.05, 4.69) is 50.4 Å². The van der Waals surface area contributed by atoms with E-state index in [0.717, 1.165) is 31.9 Å². The summed E-state index contributed by atoms with van der Waals surface area (Å²) >= 11 is 0. The average Bonchev–Trinajstić information content (AvgIpc) is 3.08. The molecule has 0 bridgehead atoms. The second-order valence-electron chi connectivity index (χ2n) is 4.81. The summed E-state index contributed by atoms with van der Waals surface area (Å²) in [6.07, 6.45) is 4.06. The number of hydrogen-bond acceptors (Lipinski definition) is 3. The van der Waals surface area contributed by atoms with Gasteiger partial charge in [-0.2, -0.15) is 0 Å². The van der Waals surface area contributed by atoms with Crippen molar-refractivity contribution in [3.05, 3.63) is 48.0 Å². The van der Waals surface area contributed by atoms with Gasteiger partial charge in [-0.1, -0.05) is 30.3 Å². The number of aryl methyl sites for hydroxylation is 2. The molecule has 18 heavy (non-hydrogen) atoms. The third-order valence-electron chi connectivity index (χ3n) is 3.56. The topological polar surface area (TPSA) is 42.7 Å². The lowest BCUT2D eigenvalue weighted by atomic mass is 10.1. The van der Waals surface area contributed by atoms with E-state index in [-0.39, 0.29) is 0 Å². The van der Waals surface area contributed by atoms with Crippen LogP contribution in [0.1, 0.15) is 23.7 Å². The highest BCUT2D eigenvalue weighted by atomic mass is 15.3. The summed E-state index contributed by atoms with van der Waals surface area (Å²) in [5.74, 6) is 1.67. The summed E-state index contributed by atoms with van der Waals surface area (Å²) < 4.78 is 2.20. The van der Waals surface area contributed by atoms with Gasteiger partial charge >= 0.3 is 0 Å². The first-order valence-corrected chi connectivity index (χ1v) is 6.56. The lowest BCUT2D eigenvalue weighted by Crippen LogP contribution is -2.13. The SMILES string of the molecule is c1ccc(CCn2cnnc2C2CCNC2)cc1. The van der Waals surface area contributed by atoms with Gasteiger partial charge in [0.2, 0.25) is 0 Å². The third-order valence-corrected chi connectivity index (χ3v) is 3.56. The summed E-state index contributed by atoms with van der Waals surface area (Å²) in [5.41, 5.74) is 1.36. The Kier molecular flexibility index (Phi) is 3.37. The molecule has 4 heteroatoms. The van der Waals surface area contributed by atoms with Gasteiger partial charge < -0.3 is 9.88 Å². The summed E-state index contributed by atoms with van der Waals surface area (Å²) in [7, 11) is 0. The second-order valence-corrected chi connectivity index (χ2v) is 4.81. The smallest absolute Gasteiger partial charge is 0.137 e. The van der Waals surface area contributed by atoms with Gasteiger partial charge in [0.1, 0.15) is 12.2 Å². The maximum absolute atomic E-state index is 4.28. The summed E-state index contributed by atoms with van der Waals surface area (Å²) in [6.45, 7) is 3.09. The van der Waals surface area contributed by atoms with Crippen molar-refractivity contribution in [3.8, 4) is 0 Å². The first-order chi connectivity index (χ1) is 8.93. The highest BCUT2D eigenvalue weighted by Crippen LogP contribution is 2.20. The second kappa shape index (κ2) is 5.31. The van der Waals surface area contributed by atoms with Crippen LogP contribution in [-0.2, 0) is 13.0 Å². The molecule has 1 atom stereocenters. The summed E-state index contributed by atoms with van der Waals surface area (Å²) in [4.78, 5) is 0. The van der Waals surface area contributed by atoms with Crippen molar-refractivity contribution in [3.63, 3.8) is 0 Å². The zero-order valence-corrected chi connectivity index (χ0v) is 10.4. The largest absolute Gasteiger partial charge is 0.317 e. The number of hydrogen-bond donors (Lipinski definition) is 1. The molecule has 0 saturated carbocycles. The number of nitrogens with one attached hydrogen (secondary N) is 1. The van der Waals surface area contributed by atoms with Crippen LogP contribution in [-0.4, -0.2) is 27.9 Å². The minimum absolute atomic E-state index is 0.531. The maximum atomic E-state index is 4.28. The van der Waals surface area contributed by atoms with E-state index in [4.69, 9.17) is 0 Å². The molecule has 0 aliphatic carbocycles. The van der Waals surface area contributed by atoms with Crippen LogP contribution in [0.3, 0.4) is 0 Å². The Bertz CT molecular complexity index is 486. The van der Waals surface area contributed by atoms with Crippen LogP contribution in [0.25, 0.3) is 0 Å². The van der Waals surface area contributed by atoms with Crippen LogP contribution in [0.5, 0.6) is 0 Å². The Morgan fingerprint density at radius 1 is 1.28 bits per heavy atom. The van der Waals surface area contributed by atoms with E-state index in [1.165, 1.54) is 12.0 Å². The van der Waals surface area contributed by atoms with Gasteiger partial charge in [0.05, 0.1) is 0 Å². The van der Waals surface area contributed by atoms with E-state index in [9.17, 15) is 0 Å². The minimum Gasteiger partial charge on any atom is -0.317 e. The zero-order valence-electron chi connectivity index (χ0n) is 10.4. The van der Waals surface area contributed by atoms with E-state index < -0.39 is 0 Å². The molecule has 1 aliphatic heterocycles. The molecule has 2 aromatic rings. The fraction of sp³-hybridized carbons (Fsp3) is 0.429. The molecule has 1 N–H and O–H groups in total. The molecular formula is C14H18N4. The fourth-order valence-electron chi connectivity index (χ4n) is 2.52. The van der Waals surface area contributed by atoms with Crippen LogP contribution in [0.2, 0.25) is 0 Å². The molecule has 1 aromatic heterocycles. The molecular weight excluding hydrogens is 224 g/mol. The van der Waals surface area contributed by atoms with E-state index in [0.29, 0.717) is 5.92 Å². The molecule has 1 fully saturated rings. The van der Waals surface area contributed by atoms with E-state index in [1.54, 1.807) is 0 Å². The third kappa shape index (κ3) is 2.43. The Labute approximate surface area is 107 Å². The van der Waals surface area contributed by atoms with Crippen LogP contribution in [0.15, 0.2) is 36.7 Å². The molecule has 2 heterocycles. The molecule has 4 nitrogen and oxygen atoms in total. The van der Waals surface area contributed by atoms with E-state index in [1.807, 2.05) is 6.33 Å². The molecule has 0 spiro atoms. The van der Waals surface area contributed by atoms with Crippen molar-refractivity contribution in [2.75, 3.05) is 13.1 Å². The summed E-state index contributed by atoms with van der Waals surface area (Å²) in [6, 6.07) is 10.6. The Morgan fingerprint density at radius 3 is 2.94 bits per heavy atom. The standard InChI is InChI=1S/C14H18N4/c1-2-4-12(5-3-1)7-9-18-11-16-17-14(18)13-6-8-15-10-13/h1-5,11,13,15H,6-10H2. The number of benzene rings is 1. The van der Waals surface area contributed by atoms with Gasteiger partial charge in [0.15, 0.2) is 0 Å². The van der Waals surface area contributed by atoms with Crippen molar-refractivity contribution in [2.45, 2.75) is 25.3 Å². The highest BCUT2D eigenvalue weighted by Gasteiger charge is 2.21. The molecule has 0 amide bonds. The molecule has 1 aliphatic rings. The Balaban J connectivity index is 1.68. The lowest BCUT2D eigenvalue weighted by molar-refractivity contribution is 0.596. The maximum Gasteiger partial charge on any atom is 0.137 e.